The van der Waals surface area contributed by atoms with Crippen molar-refractivity contribution < 1.29 is 0 Å². The van der Waals surface area contributed by atoms with Crippen LogP contribution in [0.5, 0.6) is 0 Å². The summed E-state index contributed by atoms with van der Waals surface area (Å²) in [6, 6.07) is 0. The van der Waals surface area contributed by atoms with Crippen LogP contribution >= 0.6 is 0 Å². The van der Waals surface area contributed by atoms with Gasteiger partial charge in [-0.15, -0.1) is 0 Å². The number of hydrogen-bond donors (Lipinski definition) is 0. The molecule has 1 rings (SSSR count). The Labute approximate surface area is 99.9 Å². The van der Waals surface area contributed by atoms with E-state index in [1.807, 2.05) is 28.2 Å². The highest BCUT2D eigenvalue weighted by atomic mass is 15.3. The van der Waals surface area contributed by atoms with Crippen LogP contribution in [0.4, 0.5) is 0 Å². The van der Waals surface area contributed by atoms with Crippen molar-refractivity contribution in [2.45, 2.75) is 19.3 Å². The molecule has 0 aromatic heterocycles. The van der Waals surface area contributed by atoms with Crippen LogP contribution in [0.2, 0.25) is 0 Å². The Morgan fingerprint density at radius 2 is 1.62 bits per heavy atom. The lowest BCUT2D eigenvalue weighted by Gasteiger charge is -2.22. The van der Waals surface area contributed by atoms with E-state index >= 15 is 0 Å². The lowest BCUT2D eigenvalue weighted by atomic mass is 10.4. The molecule has 0 spiro atoms. The Morgan fingerprint density at radius 3 is 2.12 bits per heavy atom. The number of aliphatic imine (C=N–C) groups is 1. The predicted octanol–water partition coefficient (Wildman–Crippen LogP) is 0.952. The zero-order valence-corrected chi connectivity index (χ0v) is 11.2. The number of hydrogen-bond acceptors (Lipinski definition) is 2. The summed E-state index contributed by atoms with van der Waals surface area (Å²) >= 11 is 0. The number of rotatable bonds is 4. The van der Waals surface area contributed by atoms with Gasteiger partial charge in [0.1, 0.15) is 0 Å². The molecule has 0 amide bonds. The molecule has 1 heterocycles. The van der Waals surface area contributed by atoms with Gasteiger partial charge in [0.15, 0.2) is 5.96 Å². The van der Waals surface area contributed by atoms with Gasteiger partial charge in [-0.3, -0.25) is 4.99 Å². The molecule has 4 nitrogen and oxygen atoms in total. The lowest BCUT2D eigenvalue weighted by molar-refractivity contribution is 0.335. The first-order valence-electron chi connectivity index (χ1n) is 6.22. The van der Waals surface area contributed by atoms with E-state index in [-0.39, 0.29) is 0 Å². The maximum Gasteiger partial charge on any atom is 0.195 e. The fourth-order valence-electron chi connectivity index (χ4n) is 2.16. The summed E-state index contributed by atoms with van der Waals surface area (Å²) in [5.74, 6) is 1.06. The normalized spacial score (nSPS) is 16.2. The molecule has 0 saturated carbocycles. The molecule has 0 radical (unpaired) electrons. The van der Waals surface area contributed by atoms with Crippen molar-refractivity contribution in [3.8, 4) is 0 Å². The van der Waals surface area contributed by atoms with E-state index in [4.69, 9.17) is 0 Å². The van der Waals surface area contributed by atoms with Crippen LogP contribution in [0.25, 0.3) is 0 Å². The molecule has 1 aliphatic rings. The predicted molar refractivity (Wildman–Crippen MR) is 70.0 cm³/mol. The molecule has 94 valence electrons. The van der Waals surface area contributed by atoms with Gasteiger partial charge in [0.25, 0.3) is 0 Å². The first-order valence-corrected chi connectivity index (χ1v) is 6.22. The highest BCUT2D eigenvalue weighted by molar-refractivity contribution is 5.79. The van der Waals surface area contributed by atoms with Crippen molar-refractivity contribution in [1.29, 1.82) is 0 Å². The van der Waals surface area contributed by atoms with Gasteiger partial charge in [-0.2, -0.15) is 0 Å². The van der Waals surface area contributed by atoms with Crippen molar-refractivity contribution in [2.75, 3.05) is 54.4 Å². The number of nitrogens with zero attached hydrogens (tertiary/aromatic N) is 4. The number of guanidine groups is 1. The maximum absolute atomic E-state index is 4.63. The summed E-state index contributed by atoms with van der Waals surface area (Å²) in [7, 11) is 8.16. The first kappa shape index (κ1) is 13.3. The molecule has 0 atom stereocenters. The largest absolute Gasteiger partial charge is 0.349 e. The molecule has 0 aromatic carbocycles. The van der Waals surface area contributed by atoms with Gasteiger partial charge >= 0.3 is 0 Å². The van der Waals surface area contributed by atoms with Crippen molar-refractivity contribution in [3.05, 3.63) is 0 Å². The molecule has 16 heavy (non-hydrogen) atoms. The molecule has 0 unspecified atom stereocenters. The third kappa shape index (κ3) is 4.39. The SMILES string of the molecule is CN(C)C(=NCCCN1CCCC1)N(C)C. The van der Waals surface area contributed by atoms with Gasteiger partial charge in [-0.25, -0.2) is 0 Å². The second-order valence-electron chi connectivity index (χ2n) is 4.87. The van der Waals surface area contributed by atoms with E-state index in [2.05, 4.69) is 19.7 Å². The van der Waals surface area contributed by atoms with Crippen molar-refractivity contribution in [2.24, 2.45) is 4.99 Å². The van der Waals surface area contributed by atoms with E-state index in [0.717, 1.165) is 12.5 Å². The Balaban J connectivity index is 2.22. The third-order valence-electron chi connectivity index (χ3n) is 2.88. The van der Waals surface area contributed by atoms with Gasteiger partial charge in [0.05, 0.1) is 0 Å². The molecule has 0 aromatic rings. The second kappa shape index (κ2) is 6.74. The molecule has 1 aliphatic heterocycles. The summed E-state index contributed by atoms with van der Waals surface area (Å²) < 4.78 is 0. The van der Waals surface area contributed by atoms with Gasteiger partial charge in [0, 0.05) is 34.7 Å². The molecule has 0 bridgehead atoms. The Bertz CT molecular complexity index is 207. The van der Waals surface area contributed by atoms with E-state index in [0.29, 0.717) is 0 Å². The fourth-order valence-corrected chi connectivity index (χ4v) is 2.16. The lowest BCUT2D eigenvalue weighted by Crippen LogP contribution is -2.35. The van der Waals surface area contributed by atoms with Gasteiger partial charge in [0.2, 0.25) is 0 Å². The standard InChI is InChI=1S/C12H26N4/c1-14(2)12(15(3)4)13-8-7-11-16-9-5-6-10-16/h5-11H2,1-4H3. The summed E-state index contributed by atoms with van der Waals surface area (Å²) in [6.07, 6.45) is 3.93. The molecule has 0 aliphatic carbocycles. The maximum atomic E-state index is 4.63. The smallest absolute Gasteiger partial charge is 0.195 e. The minimum Gasteiger partial charge on any atom is -0.349 e. The minimum absolute atomic E-state index is 0.933. The van der Waals surface area contributed by atoms with Crippen LogP contribution in [-0.4, -0.2) is 75.0 Å². The molecular formula is C12H26N4. The van der Waals surface area contributed by atoms with Crippen molar-refractivity contribution in [3.63, 3.8) is 0 Å². The van der Waals surface area contributed by atoms with Crippen LogP contribution < -0.4 is 0 Å². The van der Waals surface area contributed by atoms with Crippen LogP contribution in [0, 0.1) is 0 Å². The summed E-state index contributed by atoms with van der Waals surface area (Å²) in [5.41, 5.74) is 0. The zero-order chi connectivity index (χ0) is 12.0. The first-order chi connectivity index (χ1) is 7.61. The van der Waals surface area contributed by atoms with Gasteiger partial charge < -0.3 is 14.7 Å². The summed E-state index contributed by atoms with van der Waals surface area (Å²) in [6.45, 7) is 4.72. The monoisotopic (exact) mass is 226 g/mol. The van der Waals surface area contributed by atoms with Crippen molar-refractivity contribution >= 4 is 5.96 Å². The number of likely N-dealkylation sites (tertiary alicyclic amines) is 1. The average molecular weight is 226 g/mol. The Hall–Kier alpha value is -0.770. The molecule has 1 saturated heterocycles. The molecule has 1 fully saturated rings. The van der Waals surface area contributed by atoms with Crippen molar-refractivity contribution in [1.82, 2.24) is 14.7 Å². The highest BCUT2D eigenvalue weighted by Crippen LogP contribution is 2.07. The topological polar surface area (TPSA) is 22.1 Å². The fraction of sp³-hybridized carbons (Fsp3) is 0.917. The minimum atomic E-state index is 0.933. The molecular weight excluding hydrogens is 200 g/mol. The zero-order valence-electron chi connectivity index (χ0n) is 11.2. The third-order valence-corrected chi connectivity index (χ3v) is 2.88. The Morgan fingerprint density at radius 1 is 1.06 bits per heavy atom. The van der Waals surface area contributed by atoms with Crippen LogP contribution in [0.15, 0.2) is 4.99 Å². The quantitative estimate of drug-likeness (QED) is 0.405. The van der Waals surface area contributed by atoms with E-state index in [1.165, 1.54) is 38.9 Å². The van der Waals surface area contributed by atoms with E-state index in [1.54, 1.807) is 0 Å². The summed E-state index contributed by atoms with van der Waals surface area (Å²) in [4.78, 5) is 11.3. The Kier molecular flexibility index (Phi) is 5.60. The van der Waals surface area contributed by atoms with Crippen LogP contribution in [-0.2, 0) is 0 Å². The van der Waals surface area contributed by atoms with E-state index < -0.39 is 0 Å². The molecule has 4 heteroatoms. The average Bonchev–Trinajstić information content (AvgIpc) is 2.68. The van der Waals surface area contributed by atoms with Gasteiger partial charge in [-0.05, 0) is 38.9 Å². The molecule has 0 N–H and O–H groups in total. The van der Waals surface area contributed by atoms with Gasteiger partial charge in [-0.1, -0.05) is 0 Å². The second-order valence-corrected chi connectivity index (χ2v) is 4.87. The van der Waals surface area contributed by atoms with E-state index in [9.17, 15) is 0 Å². The highest BCUT2D eigenvalue weighted by Gasteiger charge is 2.10. The van der Waals surface area contributed by atoms with Crippen LogP contribution in [0.1, 0.15) is 19.3 Å². The van der Waals surface area contributed by atoms with Crippen LogP contribution in [0.3, 0.4) is 0 Å². The summed E-state index contributed by atoms with van der Waals surface area (Å²) in [5, 5.41) is 0.